The minimum absolute atomic E-state index is 0.187. The van der Waals surface area contributed by atoms with E-state index in [9.17, 15) is 4.79 Å². The summed E-state index contributed by atoms with van der Waals surface area (Å²) in [6.07, 6.45) is 1.60. The maximum atomic E-state index is 12.2. The zero-order chi connectivity index (χ0) is 17.6. The fraction of sp³-hybridized carbons (Fsp3) is 0.0526. The molecular formula is C19H16BrN3O2. The molecule has 1 amide bonds. The largest absolute Gasteiger partial charge is 0.495 e. The quantitative estimate of drug-likeness (QED) is 0.645. The van der Waals surface area contributed by atoms with Gasteiger partial charge in [-0.1, -0.05) is 34.1 Å². The van der Waals surface area contributed by atoms with Gasteiger partial charge in [-0.25, -0.2) is 4.98 Å². The highest BCUT2D eigenvalue weighted by molar-refractivity contribution is 9.10. The van der Waals surface area contributed by atoms with Crippen LogP contribution in [0.5, 0.6) is 5.75 Å². The van der Waals surface area contributed by atoms with Gasteiger partial charge in [0.15, 0.2) is 0 Å². The maximum Gasteiger partial charge on any atom is 0.255 e. The summed E-state index contributed by atoms with van der Waals surface area (Å²) in [6.45, 7) is 0. The number of methoxy groups -OCH3 is 1. The number of halogens is 1. The zero-order valence-corrected chi connectivity index (χ0v) is 15.1. The van der Waals surface area contributed by atoms with Crippen LogP contribution in [0.1, 0.15) is 10.4 Å². The van der Waals surface area contributed by atoms with Crippen molar-refractivity contribution in [2.45, 2.75) is 0 Å². The molecule has 0 aliphatic heterocycles. The van der Waals surface area contributed by atoms with Crippen molar-refractivity contribution in [1.29, 1.82) is 0 Å². The highest BCUT2D eigenvalue weighted by Gasteiger charge is 2.07. The van der Waals surface area contributed by atoms with Crippen LogP contribution in [0.3, 0.4) is 0 Å². The van der Waals surface area contributed by atoms with E-state index in [2.05, 4.69) is 31.5 Å². The van der Waals surface area contributed by atoms with Crippen LogP contribution in [0.4, 0.5) is 17.2 Å². The topological polar surface area (TPSA) is 63.2 Å². The van der Waals surface area contributed by atoms with E-state index < -0.39 is 0 Å². The number of benzene rings is 2. The van der Waals surface area contributed by atoms with E-state index in [1.807, 2.05) is 36.4 Å². The van der Waals surface area contributed by atoms with Crippen LogP contribution < -0.4 is 15.4 Å². The van der Waals surface area contributed by atoms with Crippen molar-refractivity contribution in [3.63, 3.8) is 0 Å². The van der Waals surface area contributed by atoms with Gasteiger partial charge >= 0.3 is 0 Å². The standard InChI is InChI=1S/C19H16BrN3O2/c1-25-17-8-3-2-7-16(17)23-18-10-9-15(12-21-18)22-19(24)13-5-4-6-14(20)11-13/h2-12H,1H3,(H,21,23)(H,22,24). The molecule has 25 heavy (non-hydrogen) atoms. The Kier molecular flexibility index (Phi) is 5.30. The number of carbonyl (C=O) groups excluding carboxylic acids is 1. The summed E-state index contributed by atoms with van der Waals surface area (Å²) in [5.41, 5.74) is 2.02. The van der Waals surface area contributed by atoms with Gasteiger partial charge in [-0.3, -0.25) is 4.79 Å². The van der Waals surface area contributed by atoms with Crippen molar-refractivity contribution in [3.8, 4) is 5.75 Å². The molecule has 5 nitrogen and oxygen atoms in total. The molecule has 2 N–H and O–H groups in total. The van der Waals surface area contributed by atoms with Crippen molar-refractivity contribution in [2.24, 2.45) is 0 Å². The summed E-state index contributed by atoms with van der Waals surface area (Å²) < 4.78 is 6.16. The normalized spacial score (nSPS) is 10.2. The van der Waals surface area contributed by atoms with E-state index in [4.69, 9.17) is 4.74 Å². The molecule has 0 saturated heterocycles. The number of rotatable bonds is 5. The number of carbonyl (C=O) groups is 1. The number of hydrogen-bond donors (Lipinski definition) is 2. The number of nitrogens with zero attached hydrogens (tertiary/aromatic N) is 1. The molecule has 3 rings (SSSR count). The van der Waals surface area contributed by atoms with Crippen LogP contribution in [0.15, 0.2) is 71.3 Å². The van der Waals surface area contributed by atoms with Crippen LogP contribution >= 0.6 is 15.9 Å². The molecule has 3 aromatic rings. The smallest absolute Gasteiger partial charge is 0.255 e. The molecule has 0 aliphatic carbocycles. The molecule has 2 aromatic carbocycles. The van der Waals surface area contributed by atoms with E-state index >= 15 is 0 Å². The lowest BCUT2D eigenvalue weighted by atomic mass is 10.2. The Morgan fingerprint density at radius 2 is 1.92 bits per heavy atom. The van der Waals surface area contributed by atoms with E-state index in [0.29, 0.717) is 17.1 Å². The van der Waals surface area contributed by atoms with Crippen molar-refractivity contribution < 1.29 is 9.53 Å². The van der Waals surface area contributed by atoms with Gasteiger partial charge < -0.3 is 15.4 Å². The van der Waals surface area contributed by atoms with Gasteiger partial charge in [-0.2, -0.15) is 0 Å². The molecule has 0 spiro atoms. The van der Waals surface area contributed by atoms with Crippen LogP contribution in [0.2, 0.25) is 0 Å². The summed E-state index contributed by atoms with van der Waals surface area (Å²) in [5, 5.41) is 6.01. The van der Waals surface area contributed by atoms with Gasteiger partial charge in [0.2, 0.25) is 0 Å². The third-order valence-electron chi connectivity index (χ3n) is 3.48. The molecule has 0 aliphatic rings. The third-order valence-corrected chi connectivity index (χ3v) is 3.97. The second-order valence-electron chi connectivity index (χ2n) is 5.22. The van der Waals surface area contributed by atoms with Crippen molar-refractivity contribution in [3.05, 3.63) is 76.9 Å². The lowest BCUT2D eigenvalue weighted by molar-refractivity contribution is 0.102. The molecule has 126 valence electrons. The van der Waals surface area contributed by atoms with Gasteiger partial charge in [0.25, 0.3) is 5.91 Å². The first kappa shape index (κ1) is 17.0. The van der Waals surface area contributed by atoms with Crippen LogP contribution in [0.25, 0.3) is 0 Å². The van der Waals surface area contributed by atoms with Crippen LogP contribution in [-0.2, 0) is 0 Å². The van der Waals surface area contributed by atoms with E-state index in [-0.39, 0.29) is 5.91 Å². The highest BCUT2D eigenvalue weighted by atomic mass is 79.9. The number of hydrogen-bond acceptors (Lipinski definition) is 4. The minimum atomic E-state index is -0.187. The molecule has 1 heterocycles. The SMILES string of the molecule is COc1ccccc1Nc1ccc(NC(=O)c2cccc(Br)c2)cn1. The second kappa shape index (κ2) is 7.81. The number of anilines is 3. The third kappa shape index (κ3) is 4.36. The summed E-state index contributed by atoms with van der Waals surface area (Å²) in [4.78, 5) is 16.6. The molecule has 0 bridgehead atoms. The second-order valence-corrected chi connectivity index (χ2v) is 6.14. The van der Waals surface area contributed by atoms with Gasteiger partial charge in [0.1, 0.15) is 11.6 Å². The van der Waals surface area contributed by atoms with Gasteiger partial charge in [0.05, 0.1) is 24.7 Å². The monoisotopic (exact) mass is 397 g/mol. The van der Waals surface area contributed by atoms with Crippen LogP contribution in [0, 0.1) is 0 Å². The number of para-hydroxylation sites is 2. The van der Waals surface area contributed by atoms with Crippen molar-refractivity contribution in [2.75, 3.05) is 17.7 Å². The number of ether oxygens (including phenoxy) is 1. The summed E-state index contributed by atoms with van der Waals surface area (Å²) in [7, 11) is 1.62. The van der Waals surface area contributed by atoms with Crippen molar-refractivity contribution in [1.82, 2.24) is 4.98 Å². The van der Waals surface area contributed by atoms with Crippen LogP contribution in [-0.4, -0.2) is 18.0 Å². The average molecular weight is 398 g/mol. The van der Waals surface area contributed by atoms with Gasteiger partial charge in [-0.15, -0.1) is 0 Å². The Morgan fingerprint density at radius 1 is 1.08 bits per heavy atom. The fourth-order valence-electron chi connectivity index (χ4n) is 2.26. The summed E-state index contributed by atoms with van der Waals surface area (Å²) in [5.74, 6) is 1.20. The van der Waals surface area contributed by atoms with E-state index in [1.54, 1.807) is 37.6 Å². The Balaban J connectivity index is 1.69. The Bertz CT molecular complexity index is 882. The molecule has 0 unspecified atom stereocenters. The first-order valence-electron chi connectivity index (χ1n) is 7.59. The van der Waals surface area contributed by atoms with Gasteiger partial charge in [-0.05, 0) is 42.5 Å². The number of nitrogens with one attached hydrogen (secondary N) is 2. The summed E-state index contributed by atoms with van der Waals surface area (Å²) >= 11 is 3.36. The molecule has 6 heteroatoms. The Hall–Kier alpha value is -2.86. The summed E-state index contributed by atoms with van der Waals surface area (Å²) in [6, 6.07) is 18.4. The average Bonchev–Trinajstić information content (AvgIpc) is 2.64. The molecule has 0 saturated carbocycles. The Morgan fingerprint density at radius 3 is 2.64 bits per heavy atom. The molecule has 0 atom stereocenters. The molecule has 0 radical (unpaired) electrons. The van der Waals surface area contributed by atoms with E-state index in [0.717, 1.165) is 15.9 Å². The number of aromatic nitrogens is 1. The minimum Gasteiger partial charge on any atom is -0.495 e. The first-order valence-corrected chi connectivity index (χ1v) is 8.38. The Labute approximate surface area is 154 Å². The number of amides is 1. The lowest BCUT2D eigenvalue weighted by Gasteiger charge is -2.11. The molecule has 1 aromatic heterocycles. The van der Waals surface area contributed by atoms with Crippen molar-refractivity contribution >= 4 is 39.0 Å². The maximum absolute atomic E-state index is 12.2. The number of pyridine rings is 1. The molecule has 0 fully saturated rings. The highest BCUT2D eigenvalue weighted by Crippen LogP contribution is 2.26. The zero-order valence-electron chi connectivity index (χ0n) is 13.5. The first-order chi connectivity index (χ1) is 12.2. The fourth-order valence-corrected chi connectivity index (χ4v) is 2.66. The lowest BCUT2D eigenvalue weighted by Crippen LogP contribution is -2.12. The van der Waals surface area contributed by atoms with Gasteiger partial charge in [0, 0.05) is 10.0 Å². The molecular weight excluding hydrogens is 382 g/mol. The predicted octanol–water partition coefficient (Wildman–Crippen LogP) is 4.85. The van der Waals surface area contributed by atoms with E-state index in [1.165, 1.54) is 0 Å². The predicted molar refractivity (Wildman–Crippen MR) is 103 cm³/mol.